The number of benzene rings is 1. The Bertz CT molecular complexity index is 802. The molecular weight excluding hydrogens is 338 g/mol. The van der Waals surface area contributed by atoms with Gasteiger partial charge < -0.3 is 15.4 Å². The molecule has 2 N–H and O–H groups in total. The number of hydrogen-bond donors (Lipinski definition) is 2. The Morgan fingerprint density at radius 2 is 2.11 bits per heavy atom. The van der Waals surface area contributed by atoms with Crippen LogP contribution in [0.3, 0.4) is 0 Å². The highest BCUT2D eigenvalue weighted by Crippen LogP contribution is 2.27. The van der Waals surface area contributed by atoms with Crippen LogP contribution in [0.4, 0.5) is 11.4 Å². The Morgan fingerprint density at radius 3 is 2.93 bits per heavy atom. The molecule has 0 atom stereocenters. The molecule has 1 heterocycles. The molecule has 5 nitrogen and oxygen atoms in total. The molecule has 3 rings (SSSR count). The monoisotopic (exact) mass is 365 g/mol. The fourth-order valence-corrected chi connectivity index (χ4v) is 3.21. The SMILES string of the molecule is CCOc1ccccc1Nc1cncc(C(=O)NCCC2=CCCCC2)c1. The number of rotatable bonds is 8. The normalized spacial score (nSPS) is 13.6. The van der Waals surface area contributed by atoms with Gasteiger partial charge in [-0.05, 0) is 57.2 Å². The van der Waals surface area contributed by atoms with Gasteiger partial charge in [-0.2, -0.15) is 0 Å². The summed E-state index contributed by atoms with van der Waals surface area (Å²) in [5.41, 5.74) is 3.61. The third-order valence-electron chi connectivity index (χ3n) is 4.58. The molecule has 1 aromatic carbocycles. The predicted octanol–water partition coefficient (Wildman–Crippen LogP) is 4.84. The van der Waals surface area contributed by atoms with Crippen molar-refractivity contribution in [1.29, 1.82) is 0 Å². The lowest BCUT2D eigenvalue weighted by atomic mass is 9.97. The molecule has 142 valence electrons. The van der Waals surface area contributed by atoms with Crippen molar-refractivity contribution in [1.82, 2.24) is 10.3 Å². The maximum Gasteiger partial charge on any atom is 0.252 e. The third-order valence-corrected chi connectivity index (χ3v) is 4.58. The van der Waals surface area contributed by atoms with Crippen LogP contribution in [-0.4, -0.2) is 24.0 Å². The van der Waals surface area contributed by atoms with Crippen LogP contribution in [0.15, 0.2) is 54.4 Å². The molecule has 1 aliphatic carbocycles. The van der Waals surface area contributed by atoms with Gasteiger partial charge in [0.1, 0.15) is 5.75 Å². The largest absolute Gasteiger partial charge is 0.492 e. The van der Waals surface area contributed by atoms with E-state index in [4.69, 9.17) is 4.74 Å². The Balaban J connectivity index is 1.59. The van der Waals surface area contributed by atoms with Gasteiger partial charge in [0.25, 0.3) is 5.91 Å². The molecule has 27 heavy (non-hydrogen) atoms. The van der Waals surface area contributed by atoms with Gasteiger partial charge in [-0.3, -0.25) is 9.78 Å². The van der Waals surface area contributed by atoms with Gasteiger partial charge in [-0.1, -0.05) is 23.8 Å². The van der Waals surface area contributed by atoms with Crippen LogP contribution in [0.1, 0.15) is 49.4 Å². The summed E-state index contributed by atoms with van der Waals surface area (Å²) in [4.78, 5) is 16.6. The van der Waals surface area contributed by atoms with Crippen molar-refractivity contribution in [3.63, 3.8) is 0 Å². The van der Waals surface area contributed by atoms with Gasteiger partial charge in [0.05, 0.1) is 29.7 Å². The zero-order valence-corrected chi connectivity index (χ0v) is 15.8. The van der Waals surface area contributed by atoms with E-state index in [1.54, 1.807) is 12.4 Å². The molecule has 0 fully saturated rings. The molecule has 2 aromatic rings. The highest BCUT2D eigenvalue weighted by atomic mass is 16.5. The van der Waals surface area contributed by atoms with Gasteiger partial charge >= 0.3 is 0 Å². The molecule has 1 aromatic heterocycles. The molecule has 0 bridgehead atoms. The highest BCUT2D eigenvalue weighted by molar-refractivity contribution is 5.94. The average Bonchev–Trinajstić information content (AvgIpc) is 2.71. The van der Waals surface area contributed by atoms with Crippen molar-refractivity contribution in [2.24, 2.45) is 0 Å². The summed E-state index contributed by atoms with van der Waals surface area (Å²) in [6.45, 7) is 3.21. The van der Waals surface area contributed by atoms with Crippen molar-refractivity contribution in [2.75, 3.05) is 18.5 Å². The molecular formula is C22H27N3O2. The van der Waals surface area contributed by atoms with Crippen molar-refractivity contribution in [3.05, 3.63) is 59.9 Å². The molecule has 0 radical (unpaired) electrons. The number of hydrogen-bond acceptors (Lipinski definition) is 4. The van der Waals surface area contributed by atoms with E-state index >= 15 is 0 Å². The molecule has 0 saturated carbocycles. The quantitative estimate of drug-likeness (QED) is 0.657. The van der Waals surface area contributed by atoms with Crippen LogP contribution in [0, 0.1) is 0 Å². The fraction of sp³-hybridized carbons (Fsp3) is 0.364. The van der Waals surface area contributed by atoms with Crippen LogP contribution in [0.2, 0.25) is 0 Å². The minimum atomic E-state index is -0.0966. The van der Waals surface area contributed by atoms with E-state index < -0.39 is 0 Å². The number of amides is 1. The average molecular weight is 365 g/mol. The second kappa shape index (κ2) is 9.76. The van der Waals surface area contributed by atoms with E-state index in [0.29, 0.717) is 18.7 Å². The molecule has 1 aliphatic rings. The number of para-hydroxylation sites is 2. The zero-order chi connectivity index (χ0) is 18.9. The van der Waals surface area contributed by atoms with Crippen LogP contribution >= 0.6 is 0 Å². The summed E-state index contributed by atoms with van der Waals surface area (Å²) in [5, 5.41) is 6.28. The first-order valence-electron chi connectivity index (χ1n) is 9.66. The van der Waals surface area contributed by atoms with E-state index in [0.717, 1.165) is 30.0 Å². The third kappa shape index (κ3) is 5.58. The number of allylic oxidation sites excluding steroid dienone is 1. The highest BCUT2D eigenvalue weighted by Gasteiger charge is 2.09. The Kier molecular flexibility index (Phi) is 6.85. The van der Waals surface area contributed by atoms with Crippen molar-refractivity contribution < 1.29 is 9.53 Å². The minimum Gasteiger partial charge on any atom is -0.492 e. The molecule has 0 aliphatic heterocycles. The van der Waals surface area contributed by atoms with Gasteiger partial charge in [-0.15, -0.1) is 0 Å². The lowest BCUT2D eigenvalue weighted by Crippen LogP contribution is -2.25. The summed E-state index contributed by atoms with van der Waals surface area (Å²) >= 11 is 0. The number of ether oxygens (including phenoxy) is 1. The fourth-order valence-electron chi connectivity index (χ4n) is 3.21. The number of nitrogens with zero attached hydrogens (tertiary/aromatic N) is 1. The second-order valence-electron chi connectivity index (χ2n) is 6.63. The number of aromatic nitrogens is 1. The van der Waals surface area contributed by atoms with E-state index in [-0.39, 0.29) is 5.91 Å². The van der Waals surface area contributed by atoms with E-state index in [1.807, 2.05) is 37.3 Å². The number of pyridine rings is 1. The van der Waals surface area contributed by atoms with Crippen molar-refractivity contribution in [3.8, 4) is 5.75 Å². The lowest BCUT2D eigenvalue weighted by molar-refractivity contribution is 0.0953. The second-order valence-corrected chi connectivity index (χ2v) is 6.63. The number of carbonyl (C=O) groups is 1. The van der Waals surface area contributed by atoms with Gasteiger partial charge in [0, 0.05) is 12.7 Å². The number of anilines is 2. The van der Waals surface area contributed by atoms with Crippen molar-refractivity contribution in [2.45, 2.75) is 39.0 Å². The summed E-state index contributed by atoms with van der Waals surface area (Å²) in [6.07, 6.45) is 11.4. The molecule has 0 spiro atoms. The maximum atomic E-state index is 12.4. The van der Waals surface area contributed by atoms with E-state index in [1.165, 1.54) is 24.8 Å². The summed E-state index contributed by atoms with van der Waals surface area (Å²) < 4.78 is 5.63. The Labute approximate surface area is 160 Å². The number of carbonyl (C=O) groups excluding carboxylic acids is 1. The summed E-state index contributed by atoms with van der Waals surface area (Å²) in [5.74, 6) is 0.677. The lowest BCUT2D eigenvalue weighted by Gasteiger charge is -2.14. The molecule has 1 amide bonds. The van der Waals surface area contributed by atoms with E-state index in [2.05, 4.69) is 21.7 Å². The maximum absolute atomic E-state index is 12.4. The Morgan fingerprint density at radius 1 is 1.22 bits per heavy atom. The van der Waals surface area contributed by atoms with Crippen LogP contribution in [0.25, 0.3) is 0 Å². The zero-order valence-electron chi connectivity index (χ0n) is 15.8. The smallest absolute Gasteiger partial charge is 0.252 e. The summed E-state index contributed by atoms with van der Waals surface area (Å²) in [6, 6.07) is 9.53. The van der Waals surface area contributed by atoms with E-state index in [9.17, 15) is 4.79 Å². The standard InChI is InChI=1S/C22H27N3O2/c1-2-27-21-11-7-6-10-20(21)25-19-14-18(15-23-16-19)22(26)24-13-12-17-8-4-3-5-9-17/h6-8,10-11,14-16,25H,2-5,9,12-13H2,1H3,(H,24,26). The first-order chi connectivity index (χ1) is 13.3. The molecule has 0 saturated heterocycles. The predicted molar refractivity (Wildman–Crippen MR) is 109 cm³/mol. The van der Waals surface area contributed by atoms with Crippen molar-refractivity contribution >= 4 is 17.3 Å². The van der Waals surface area contributed by atoms with Crippen LogP contribution < -0.4 is 15.4 Å². The van der Waals surface area contributed by atoms with Crippen LogP contribution in [0.5, 0.6) is 5.75 Å². The first-order valence-corrected chi connectivity index (χ1v) is 9.66. The topological polar surface area (TPSA) is 63.2 Å². The van der Waals surface area contributed by atoms with Gasteiger partial charge in [0.15, 0.2) is 0 Å². The molecule has 5 heteroatoms. The summed E-state index contributed by atoms with van der Waals surface area (Å²) in [7, 11) is 0. The van der Waals surface area contributed by atoms with Gasteiger partial charge in [-0.25, -0.2) is 0 Å². The molecule has 0 unspecified atom stereocenters. The first kappa shape index (κ1) is 19.0. The number of nitrogens with one attached hydrogen (secondary N) is 2. The van der Waals surface area contributed by atoms with Gasteiger partial charge in [0.2, 0.25) is 0 Å². The minimum absolute atomic E-state index is 0.0966. The Hall–Kier alpha value is -2.82. The van der Waals surface area contributed by atoms with Crippen LogP contribution in [-0.2, 0) is 0 Å².